The number of hydrogen-bond acceptors (Lipinski definition) is 19. The Balaban J connectivity index is 1.31. The van der Waals surface area contributed by atoms with Crippen LogP contribution in [-0.2, 0) is 19.5 Å². The van der Waals surface area contributed by atoms with Crippen molar-refractivity contribution >= 4 is 89.8 Å². The maximum absolute atomic E-state index is 12.4. The molecule has 0 aliphatic heterocycles. The molecule has 0 saturated heterocycles. The van der Waals surface area contributed by atoms with Crippen molar-refractivity contribution in [3.05, 3.63) is 113 Å². The Morgan fingerprint density at radius 3 is 1.78 bits per heavy atom. The molecule has 0 bridgehead atoms. The zero-order valence-electron chi connectivity index (χ0n) is 27.7. The molecule has 6 aromatic carbocycles. The lowest BCUT2D eigenvalue weighted by Gasteiger charge is -2.17. The normalized spacial score (nSPS) is 12.0. The molecule has 55 heavy (non-hydrogen) atoms. The molecule has 0 radical (unpaired) electrons. The number of phenolic OH excluding ortho intramolecular Hbond substituents is 1. The van der Waals surface area contributed by atoms with Gasteiger partial charge in [-0.3, -0.25) is 15.2 Å². The van der Waals surface area contributed by atoms with Crippen LogP contribution in [0.25, 0.3) is 21.9 Å². The zero-order chi connectivity index (χ0) is 39.3. The van der Waals surface area contributed by atoms with Crippen LogP contribution in [0.1, 0.15) is 0 Å². The third kappa shape index (κ3) is 8.68. The molecule has 7 N–H and O–H groups in total. The maximum atomic E-state index is 12.4. The van der Waals surface area contributed by atoms with E-state index < -0.39 is 37.1 Å². The number of nitrogens with two attached hydrogens (primary N) is 3. The monoisotopic (exact) mass is 780 g/mol. The molecule has 19 nitrogen and oxygen atoms in total. The van der Waals surface area contributed by atoms with Crippen LogP contribution in [0.2, 0.25) is 0 Å². The number of nitro benzene ring substituents is 1. The average molecular weight is 781 g/mol. The van der Waals surface area contributed by atoms with Crippen LogP contribution >= 0.6 is 12.0 Å². The Morgan fingerprint density at radius 2 is 1.25 bits per heavy atom. The molecule has 278 valence electrons. The average Bonchev–Trinajstić information content (AvgIpc) is 3.16. The number of nitrogen functional groups attached to an aromatic ring is 3. The van der Waals surface area contributed by atoms with Gasteiger partial charge in [0, 0.05) is 17.8 Å². The highest BCUT2D eigenvalue weighted by molar-refractivity contribution is 7.94. The van der Waals surface area contributed by atoms with Crippen LogP contribution in [-0.4, -0.2) is 23.0 Å². The number of hydrogen-bond donors (Lipinski definition) is 4. The first kappa shape index (κ1) is 37.9. The van der Waals surface area contributed by atoms with Gasteiger partial charge in [-0.15, -0.1) is 15.3 Å². The number of anilines is 3. The van der Waals surface area contributed by atoms with Crippen LogP contribution in [0.4, 0.5) is 56.9 Å². The van der Waals surface area contributed by atoms with Crippen molar-refractivity contribution in [2.24, 2.45) is 30.7 Å². The third-order valence-corrected chi connectivity index (χ3v) is 9.18. The van der Waals surface area contributed by atoms with Crippen LogP contribution in [0.5, 0.6) is 5.75 Å². The van der Waals surface area contributed by atoms with Gasteiger partial charge in [0.2, 0.25) is 0 Å². The highest BCUT2D eigenvalue weighted by atomic mass is 32.2. The summed E-state index contributed by atoms with van der Waals surface area (Å²) in [5.41, 5.74) is 20.4. The van der Waals surface area contributed by atoms with E-state index in [4.69, 9.17) is 17.2 Å². The van der Waals surface area contributed by atoms with Gasteiger partial charge in [0.1, 0.15) is 27.2 Å². The topological polar surface area (TPSA) is 314 Å². The number of nitrogens with zero attached hydrogens (tertiary/aromatic N) is 7. The van der Waals surface area contributed by atoms with Crippen LogP contribution in [0, 0.1) is 10.1 Å². The van der Waals surface area contributed by atoms with Gasteiger partial charge in [0.05, 0.1) is 60.6 Å². The van der Waals surface area contributed by atoms with Crippen LogP contribution in [0.15, 0.2) is 144 Å². The molecule has 0 heterocycles. The van der Waals surface area contributed by atoms with E-state index in [1.807, 2.05) is 12.1 Å². The van der Waals surface area contributed by atoms with Gasteiger partial charge in [-0.2, -0.15) is 19.7 Å². The molecule has 0 atom stereocenters. The first-order chi connectivity index (χ1) is 26.3. The molecule has 6 rings (SSSR count). The Bertz CT molecular complexity index is 2620. The van der Waals surface area contributed by atoms with E-state index in [9.17, 15) is 33.4 Å². The number of benzene rings is 6. The molecular formula is C34H24N10O9S2-2. The maximum Gasteiger partial charge on any atom is 0.269 e. The quantitative estimate of drug-likeness (QED) is 0.0173. The lowest BCUT2D eigenvalue weighted by atomic mass is 10.0. The fourth-order valence-electron chi connectivity index (χ4n) is 5.09. The molecule has 0 aliphatic rings. The Labute approximate surface area is 314 Å². The van der Waals surface area contributed by atoms with Gasteiger partial charge < -0.3 is 32.1 Å². The fraction of sp³-hybridized carbons (Fsp3) is 0. The Kier molecular flexibility index (Phi) is 11.0. The minimum absolute atomic E-state index is 0.0825. The summed E-state index contributed by atoms with van der Waals surface area (Å²) in [5.74, 6) is -0.671. The predicted octanol–water partition coefficient (Wildman–Crippen LogP) is 8.25. The number of rotatable bonds is 12. The van der Waals surface area contributed by atoms with Crippen LogP contribution < -0.4 is 22.5 Å². The molecular weight excluding hydrogens is 757 g/mol. The van der Waals surface area contributed by atoms with Crippen molar-refractivity contribution in [3.8, 4) is 16.9 Å². The second kappa shape index (κ2) is 16.0. The van der Waals surface area contributed by atoms with Gasteiger partial charge in [-0.1, -0.05) is 24.3 Å². The van der Waals surface area contributed by atoms with E-state index in [0.29, 0.717) is 22.7 Å². The first-order valence-corrected chi connectivity index (χ1v) is 17.5. The van der Waals surface area contributed by atoms with Crippen molar-refractivity contribution in [3.63, 3.8) is 0 Å². The Morgan fingerprint density at radius 1 is 0.709 bits per heavy atom. The number of azo groups is 3. The van der Waals surface area contributed by atoms with Gasteiger partial charge >= 0.3 is 0 Å². The SMILES string of the molecule is Nc1ccc(N=Nc2ccc(-c3ccc(N=Nc4c(S(=O)(=O)[O-])cc5cc(SOO[O-])c(N=Nc6ccc([N+](=O)[O-])cc6)c(O)c5c4N)cc3)cc2)c(N)c1. The van der Waals surface area contributed by atoms with Gasteiger partial charge in [0.25, 0.3) is 5.69 Å². The summed E-state index contributed by atoms with van der Waals surface area (Å²) in [6, 6.07) is 25.8. The predicted molar refractivity (Wildman–Crippen MR) is 199 cm³/mol. The minimum Gasteiger partial charge on any atom is -0.744 e. The molecule has 0 aliphatic carbocycles. The Hall–Kier alpha value is -6.88. The molecule has 0 unspecified atom stereocenters. The van der Waals surface area contributed by atoms with Gasteiger partial charge in [-0.05, 0) is 83.2 Å². The third-order valence-electron chi connectivity index (χ3n) is 7.72. The van der Waals surface area contributed by atoms with Crippen LogP contribution in [0.3, 0.4) is 0 Å². The molecule has 0 amide bonds. The molecule has 0 fully saturated rings. The second-order valence-corrected chi connectivity index (χ2v) is 13.4. The summed E-state index contributed by atoms with van der Waals surface area (Å²) in [6.45, 7) is 0. The zero-order valence-corrected chi connectivity index (χ0v) is 29.3. The van der Waals surface area contributed by atoms with E-state index >= 15 is 0 Å². The van der Waals surface area contributed by atoms with E-state index in [1.54, 1.807) is 54.6 Å². The van der Waals surface area contributed by atoms with E-state index in [0.717, 1.165) is 17.2 Å². The largest absolute Gasteiger partial charge is 0.744 e. The van der Waals surface area contributed by atoms with Gasteiger partial charge in [0.15, 0.2) is 5.75 Å². The second-order valence-electron chi connectivity index (χ2n) is 11.3. The molecule has 6 aromatic rings. The number of fused-ring (bicyclic) bond motifs is 1. The summed E-state index contributed by atoms with van der Waals surface area (Å²) in [7, 11) is -5.22. The highest BCUT2D eigenvalue weighted by Crippen LogP contribution is 2.49. The van der Waals surface area contributed by atoms with Gasteiger partial charge in [-0.25, -0.2) is 8.42 Å². The summed E-state index contributed by atoms with van der Waals surface area (Å²) in [5, 5.41) is 60.5. The molecule has 0 saturated carbocycles. The summed E-state index contributed by atoms with van der Waals surface area (Å²) >= 11 is 0.286. The van der Waals surface area contributed by atoms with Crippen molar-refractivity contribution in [1.82, 2.24) is 0 Å². The first-order valence-electron chi connectivity index (χ1n) is 15.4. The smallest absolute Gasteiger partial charge is 0.269 e. The van der Waals surface area contributed by atoms with Crippen molar-refractivity contribution in [2.45, 2.75) is 9.79 Å². The number of phenols is 1. The number of nitro groups is 1. The molecule has 0 aromatic heterocycles. The highest BCUT2D eigenvalue weighted by Gasteiger charge is 2.23. The standard InChI is InChI=1S/C34H26N10O9S2/c35-21-5-14-27(26(36)17-21)41-38-22-6-1-18(2-7-22)19-3-8-23(9-4-19)40-43-33-29(55(49,50)51)16-20-15-28(54-53-52-48)32(34(45)30(20)31(33)37)42-39-24-10-12-25(13-11-24)44(46)47/h1-17,45,48H,35-37H2,(H,49,50,51)/p-2. The fourth-order valence-corrected chi connectivity index (χ4v) is 6.24. The van der Waals surface area contributed by atoms with Crippen molar-refractivity contribution in [1.29, 1.82) is 0 Å². The lowest BCUT2D eigenvalue weighted by Crippen LogP contribution is -2.03. The summed E-state index contributed by atoms with van der Waals surface area (Å²) in [6.07, 6.45) is 0. The minimum atomic E-state index is -5.22. The summed E-state index contributed by atoms with van der Waals surface area (Å²) < 4.78 is 41.6. The molecule has 0 spiro atoms. The molecule has 21 heteroatoms. The van der Waals surface area contributed by atoms with Crippen molar-refractivity contribution < 1.29 is 37.6 Å². The van der Waals surface area contributed by atoms with Crippen molar-refractivity contribution in [2.75, 3.05) is 17.2 Å². The van der Waals surface area contributed by atoms with E-state index in [2.05, 4.69) is 40.1 Å². The number of non-ortho nitro benzene ring substituents is 1. The lowest BCUT2D eigenvalue weighted by molar-refractivity contribution is -0.777. The summed E-state index contributed by atoms with van der Waals surface area (Å²) in [4.78, 5) is 9.41. The van der Waals surface area contributed by atoms with E-state index in [-0.39, 0.29) is 50.5 Å². The number of aromatic hydroxyl groups is 1. The van der Waals surface area contributed by atoms with E-state index in [1.165, 1.54) is 30.3 Å².